The SMILES string of the molecule is Fc1ccccc1-c1nc(-c2ccccc2)n[nH]1. The van der Waals surface area contributed by atoms with E-state index in [-0.39, 0.29) is 5.82 Å². The number of benzene rings is 2. The molecule has 3 aromatic rings. The zero-order valence-corrected chi connectivity index (χ0v) is 9.47. The van der Waals surface area contributed by atoms with Gasteiger partial charge >= 0.3 is 0 Å². The quantitative estimate of drug-likeness (QED) is 0.745. The number of halogens is 1. The van der Waals surface area contributed by atoms with Gasteiger partial charge in [0.15, 0.2) is 11.6 Å². The second-order valence-corrected chi connectivity index (χ2v) is 3.85. The van der Waals surface area contributed by atoms with Crippen LogP contribution in [0.1, 0.15) is 0 Å². The molecule has 18 heavy (non-hydrogen) atoms. The Labute approximate surface area is 103 Å². The lowest BCUT2D eigenvalue weighted by Gasteiger charge is -1.96. The summed E-state index contributed by atoms with van der Waals surface area (Å²) in [6, 6.07) is 16.1. The minimum Gasteiger partial charge on any atom is -0.259 e. The number of rotatable bonds is 2. The molecule has 0 fully saturated rings. The van der Waals surface area contributed by atoms with Gasteiger partial charge in [0, 0.05) is 5.56 Å². The third kappa shape index (κ3) is 1.88. The fourth-order valence-corrected chi connectivity index (χ4v) is 1.75. The second-order valence-electron chi connectivity index (χ2n) is 3.85. The maximum atomic E-state index is 13.6. The van der Waals surface area contributed by atoms with Crippen LogP contribution in [-0.4, -0.2) is 15.2 Å². The van der Waals surface area contributed by atoms with Crippen molar-refractivity contribution in [3.05, 3.63) is 60.4 Å². The van der Waals surface area contributed by atoms with Crippen molar-refractivity contribution in [3.8, 4) is 22.8 Å². The Morgan fingerprint density at radius 1 is 0.889 bits per heavy atom. The fourth-order valence-electron chi connectivity index (χ4n) is 1.75. The van der Waals surface area contributed by atoms with Crippen LogP contribution in [0.2, 0.25) is 0 Å². The molecule has 0 spiro atoms. The smallest absolute Gasteiger partial charge is 0.181 e. The van der Waals surface area contributed by atoms with E-state index < -0.39 is 0 Å². The van der Waals surface area contributed by atoms with Gasteiger partial charge in [-0.15, -0.1) is 0 Å². The molecular formula is C14H10FN3. The summed E-state index contributed by atoms with van der Waals surface area (Å²) < 4.78 is 13.6. The van der Waals surface area contributed by atoms with Gasteiger partial charge in [0.05, 0.1) is 5.56 Å². The van der Waals surface area contributed by atoms with E-state index in [2.05, 4.69) is 15.2 Å². The third-order valence-electron chi connectivity index (χ3n) is 2.65. The highest BCUT2D eigenvalue weighted by Gasteiger charge is 2.10. The molecule has 1 N–H and O–H groups in total. The molecular weight excluding hydrogens is 229 g/mol. The van der Waals surface area contributed by atoms with Gasteiger partial charge in [-0.1, -0.05) is 42.5 Å². The second kappa shape index (κ2) is 4.41. The highest BCUT2D eigenvalue weighted by atomic mass is 19.1. The van der Waals surface area contributed by atoms with E-state index in [4.69, 9.17) is 0 Å². The molecule has 4 heteroatoms. The molecule has 3 rings (SSSR count). The van der Waals surface area contributed by atoms with Crippen LogP contribution < -0.4 is 0 Å². The van der Waals surface area contributed by atoms with E-state index in [9.17, 15) is 4.39 Å². The lowest BCUT2D eigenvalue weighted by atomic mass is 10.2. The van der Waals surface area contributed by atoms with Crippen molar-refractivity contribution in [2.75, 3.05) is 0 Å². The van der Waals surface area contributed by atoms with E-state index in [1.807, 2.05) is 30.3 Å². The van der Waals surface area contributed by atoms with Crippen LogP contribution in [0.25, 0.3) is 22.8 Å². The first-order chi connectivity index (χ1) is 8.84. The molecule has 0 amide bonds. The average molecular weight is 239 g/mol. The summed E-state index contributed by atoms with van der Waals surface area (Å²) in [5.74, 6) is 0.689. The van der Waals surface area contributed by atoms with Gasteiger partial charge in [-0.25, -0.2) is 9.37 Å². The summed E-state index contributed by atoms with van der Waals surface area (Å²) in [5, 5.41) is 6.86. The zero-order valence-electron chi connectivity index (χ0n) is 9.47. The molecule has 0 atom stereocenters. The van der Waals surface area contributed by atoms with Gasteiger partial charge in [-0.05, 0) is 12.1 Å². The first-order valence-corrected chi connectivity index (χ1v) is 5.57. The molecule has 0 radical (unpaired) electrons. The summed E-state index contributed by atoms with van der Waals surface area (Å²) >= 11 is 0. The zero-order chi connectivity index (χ0) is 12.4. The van der Waals surface area contributed by atoms with Crippen LogP contribution in [0.15, 0.2) is 54.6 Å². The van der Waals surface area contributed by atoms with E-state index in [0.717, 1.165) is 5.56 Å². The Morgan fingerprint density at radius 2 is 1.61 bits per heavy atom. The molecule has 1 heterocycles. The van der Waals surface area contributed by atoms with Crippen LogP contribution in [0.4, 0.5) is 4.39 Å². The number of H-pyrrole nitrogens is 1. The number of aromatic amines is 1. The predicted molar refractivity (Wildman–Crippen MR) is 67.2 cm³/mol. The van der Waals surface area contributed by atoms with Crippen molar-refractivity contribution in [2.45, 2.75) is 0 Å². The molecule has 0 unspecified atom stereocenters. The summed E-state index contributed by atoms with van der Waals surface area (Å²) in [7, 11) is 0. The van der Waals surface area contributed by atoms with E-state index in [1.165, 1.54) is 6.07 Å². The summed E-state index contributed by atoms with van der Waals surface area (Å²) in [6.45, 7) is 0. The van der Waals surface area contributed by atoms with E-state index in [0.29, 0.717) is 17.2 Å². The number of hydrogen-bond acceptors (Lipinski definition) is 2. The van der Waals surface area contributed by atoms with Gasteiger partial charge < -0.3 is 0 Å². The Kier molecular flexibility index (Phi) is 2.61. The Morgan fingerprint density at radius 3 is 2.39 bits per heavy atom. The Balaban J connectivity index is 2.03. The van der Waals surface area contributed by atoms with Crippen LogP contribution >= 0.6 is 0 Å². The fraction of sp³-hybridized carbons (Fsp3) is 0. The monoisotopic (exact) mass is 239 g/mol. The maximum Gasteiger partial charge on any atom is 0.181 e. The van der Waals surface area contributed by atoms with Crippen molar-refractivity contribution in [2.24, 2.45) is 0 Å². The van der Waals surface area contributed by atoms with Crippen LogP contribution in [0, 0.1) is 5.82 Å². The van der Waals surface area contributed by atoms with Crippen molar-refractivity contribution in [3.63, 3.8) is 0 Å². The number of nitrogens with zero attached hydrogens (tertiary/aromatic N) is 2. The average Bonchev–Trinajstić information content (AvgIpc) is 2.90. The maximum absolute atomic E-state index is 13.6. The highest BCUT2D eigenvalue weighted by molar-refractivity contribution is 5.61. The first-order valence-electron chi connectivity index (χ1n) is 5.57. The molecule has 0 aliphatic heterocycles. The molecule has 0 aliphatic carbocycles. The van der Waals surface area contributed by atoms with Gasteiger partial charge in [-0.2, -0.15) is 5.10 Å². The van der Waals surface area contributed by atoms with Crippen molar-refractivity contribution in [1.82, 2.24) is 15.2 Å². The summed E-state index contributed by atoms with van der Waals surface area (Å²) in [4.78, 5) is 4.30. The number of aromatic nitrogens is 3. The van der Waals surface area contributed by atoms with E-state index in [1.54, 1.807) is 18.2 Å². The normalized spacial score (nSPS) is 10.5. The molecule has 0 saturated heterocycles. The summed E-state index contributed by atoms with van der Waals surface area (Å²) in [5.41, 5.74) is 1.32. The standard InChI is InChI=1S/C14H10FN3/c15-12-9-5-4-8-11(12)14-16-13(17-18-14)10-6-2-1-3-7-10/h1-9H,(H,16,17,18). The minimum atomic E-state index is -0.312. The summed E-state index contributed by atoms with van der Waals surface area (Å²) in [6.07, 6.45) is 0. The van der Waals surface area contributed by atoms with Crippen LogP contribution in [-0.2, 0) is 0 Å². The van der Waals surface area contributed by atoms with Gasteiger partial charge in [0.2, 0.25) is 0 Å². The number of hydrogen-bond donors (Lipinski definition) is 1. The largest absolute Gasteiger partial charge is 0.259 e. The van der Waals surface area contributed by atoms with Crippen LogP contribution in [0.3, 0.4) is 0 Å². The van der Waals surface area contributed by atoms with Gasteiger partial charge in [-0.3, -0.25) is 5.10 Å². The molecule has 3 nitrogen and oxygen atoms in total. The third-order valence-corrected chi connectivity index (χ3v) is 2.65. The molecule has 0 bridgehead atoms. The Bertz CT molecular complexity index is 662. The van der Waals surface area contributed by atoms with Crippen molar-refractivity contribution in [1.29, 1.82) is 0 Å². The number of nitrogens with one attached hydrogen (secondary N) is 1. The van der Waals surface area contributed by atoms with Crippen molar-refractivity contribution >= 4 is 0 Å². The van der Waals surface area contributed by atoms with E-state index >= 15 is 0 Å². The minimum absolute atomic E-state index is 0.312. The first kappa shape index (κ1) is 10.7. The lowest BCUT2D eigenvalue weighted by molar-refractivity contribution is 0.630. The molecule has 88 valence electrons. The lowest BCUT2D eigenvalue weighted by Crippen LogP contribution is -1.85. The topological polar surface area (TPSA) is 41.6 Å². The molecule has 0 saturated carbocycles. The van der Waals surface area contributed by atoms with Crippen molar-refractivity contribution < 1.29 is 4.39 Å². The van der Waals surface area contributed by atoms with Gasteiger partial charge in [0.25, 0.3) is 0 Å². The Hall–Kier alpha value is -2.49. The highest BCUT2D eigenvalue weighted by Crippen LogP contribution is 2.21. The molecule has 0 aliphatic rings. The molecule has 1 aromatic heterocycles. The molecule has 2 aromatic carbocycles. The van der Waals surface area contributed by atoms with Gasteiger partial charge in [0.1, 0.15) is 5.82 Å². The predicted octanol–water partition coefficient (Wildman–Crippen LogP) is 3.28. The van der Waals surface area contributed by atoms with Crippen LogP contribution in [0.5, 0.6) is 0 Å².